The minimum Gasteiger partial charge on any atom is -0.271 e. The molecule has 0 spiro atoms. The van der Waals surface area contributed by atoms with Crippen molar-refractivity contribution in [3.8, 4) is 0 Å². The fourth-order valence-corrected chi connectivity index (χ4v) is 3.12. The number of carbonyl (C=O) groups excluding carboxylic acids is 2. The van der Waals surface area contributed by atoms with Crippen LogP contribution in [-0.2, 0) is 16.1 Å². The molecule has 2 aliphatic heterocycles. The van der Waals surface area contributed by atoms with Crippen LogP contribution in [0.15, 0.2) is 58.9 Å². The summed E-state index contributed by atoms with van der Waals surface area (Å²) < 4.78 is 13.4. The monoisotopic (exact) mass is 338 g/mol. The molecule has 2 amide bonds. The van der Waals surface area contributed by atoms with Gasteiger partial charge in [-0.1, -0.05) is 35.1 Å². The smallest absolute Gasteiger partial charge is 0.263 e. The van der Waals surface area contributed by atoms with Crippen LogP contribution in [0.5, 0.6) is 0 Å². The molecule has 2 heterocycles. The number of hydrogen-bond acceptors (Lipinski definition) is 5. The highest BCUT2D eigenvalue weighted by Gasteiger charge is 2.54. The SMILES string of the molecule is Cc1ccc(N2C(=O)[C@H]3N=NN(Cc4cccc(F)c4)[C@@H]3C2=O)cc1. The number of nitrogens with zero attached hydrogens (tertiary/aromatic N) is 4. The second-order valence-electron chi connectivity index (χ2n) is 6.17. The van der Waals surface area contributed by atoms with E-state index in [9.17, 15) is 14.0 Å². The molecule has 0 N–H and O–H groups in total. The Morgan fingerprint density at radius 2 is 1.84 bits per heavy atom. The normalized spacial score (nSPS) is 22.0. The van der Waals surface area contributed by atoms with Gasteiger partial charge >= 0.3 is 0 Å². The lowest BCUT2D eigenvalue weighted by Crippen LogP contribution is -2.39. The maximum absolute atomic E-state index is 13.4. The number of amides is 2. The predicted molar refractivity (Wildman–Crippen MR) is 88.0 cm³/mol. The summed E-state index contributed by atoms with van der Waals surface area (Å²) in [5, 5.41) is 9.38. The van der Waals surface area contributed by atoms with Crippen LogP contribution in [0, 0.1) is 12.7 Å². The maximum Gasteiger partial charge on any atom is 0.263 e. The van der Waals surface area contributed by atoms with Crippen molar-refractivity contribution in [2.75, 3.05) is 4.90 Å². The van der Waals surface area contributed by atoms with E-state index in [1.165, 1.54) is 17.1 Å². The van der Waals surface area contributed by atoms with Gasteiger partial charge in [0.25, 0.3) is 11.8 Å². The highest BCUT2D eigenvalue weighted by molar-refractivity contribution is 6.25. The number of anilines is 1. The summed E-state index contributed by atoms with van der Waals surface area (Å²) >= 11 is 0. The lowest BCUT2D eigenvalue weighted by atomic mass is 10.1. The summed E-state index contributed by atoms with van der Waals surface area (Å²) in [4.78, 5) is 26.6. The highest BCUT2D eigenvalue weighted by atomic mass is 19.1. The molecule has 0 aliphatic carbocycles. The molecule has 0 aromatic heterocycles. The Bertz CT molecular complexity index is 881. The quantitative estimate of drug-likeness (QED) is 0.808. The first kappa shape index (κ1) is 15.4. The van der Waals surface area contributed by atoms with E-state index in [-0.39, 0.29) is 24.2 Å². The molecule has 2 aromatic carbocycles. The van der Waals surface area contributed by atoms with Crippen molar-refractivity contribution in [3.05, 3.63) is 65.5 Å². The van der Waals surface area contributed by atoms with Gasteiger partial charge in [-0.3, -0.25) is 14.6 Å². The molecule has 25 heavy (non-hydrogen) atoms. The summed E-state index contributed by atoms with van der Waals surface area (Å²) in [6.45, 7) is 2.14. The van der Waals surface area contributed by atoms with Gasteiger partial charge in [0.15, 0.2) is 12.1 Å². The Kier molecular flexibility index (Phi) is 3.56. The van der Waals surface area contributed by atoms with Crippen molar-refractivity contribution < 1.29 is 14.0 Å². The third-order valence-corrected chi connectivity index (χ3v) is 4.38. The van der Waals surface area contributed by atoms with Crippen molar-refractivity contribution in [1.82, 2.24) is 5.01 Å². The second kappa shape index (κ2) is 5.77. The van der Waals surface area contributed by atoms with E-state index in [4.69, 9.17) is 0 Å². The minimum atomic E-state index is -0.845. The van der Waals surface area contributed by atoms with E-state index in [1.807, 2.05) is 19.1 Å². The van der Waals surface area contributed by atoms with Gasteiger partial charge in [0.1, 0.15) is 5.82 Å². The van der Waals surface area contributed by atoms with Crippen LogP contribution < -0.4 is 4.90 Å². The van der Waals surface area contributed by atoms with Gasteiger partial charge in [-0.05, 0) is 36.8 Å². The summed E-state index contributed by atoms with van der Waals surface area (Å²) in [7, 11) is 0. The largest absolute Gasteiger partial charge is 0.271 e. The van der Waals surface area contributed by atoms with Crippen LogP contribution in [-0.4, -0.2) is 28.9 Å². The Hall–Kier alpha value is -3.09. The number of hydrogen-bond donors (Lipinski definition) is 0. The molecule has 0 unspecified atom stereocenters. The molecule has 0 saturated carbocycles. The third-order valence-electron chi connectivity index (χ3n) is 4.38. The van der Waals surface area contributed by atoms with E-state index in [2.05, 4.69) is 10.3 Å². The van der Waals surface area contributed by atoms with Crippen LogP contribution in [0.25, 0.3) is 0 Å². The van der Waals surface area contributed by atoms with Gasteiger partial charge in [0.2, 0.25) is 0 Å². The molecule has 6 nitrogen and oxygen atoms in total. The molecule has 2 atom stereocenters. The van der Waals surface area contributed by atoms with Gasteiger partial charge in [0, 0.05) is 0 Å². The van der Waals surface area contributed by atoms with Gasteiger partial charge in [-0.2, -0.15) is 5.11 Å². The number of halogens is 1. The van der Waals surface area contributed by atoms with E-state index >= 15 is 0 Å². The first-order valence-corrected chi connectivity index (χ1v) is 7.91. The van der Waals surface area contributed by atoms with Gasteiger partial charge in [0.05, 0.1) is 12.2 Å². The summed E-state index contributed by atoms with van der Waals surface area (Å²) in [5.74, 6) is -1.11. The molecule has 0 bridgehead atoms. The van der Waals surface area contributed by atoms with Crippen LogP contribution in [0.3, 0.4) is 0 Å². The molecule has 2 aliphatic rings. The van der Waals surface area contributed by atoms with Crippen molar-refractivity contribution in [1.29, 1.82) is 0 Å². The third kappa shape index (κ3) is 2.57. The second-order valence-corrected chi connectivity index (χ2v) is 6.17. The molecule has 4 rings (SSSR count). The molecule has 126 valence electrons. The molecule has 2 aromatic rings. The summed E-state index contributed by atoms with van der Waals surface area (Å²) in [6.07, 6.45) is 0. The van der Waals surface area contributed by atoms with E-state index in [1.54, 1.807) is 24.3 Å². The topological polar surface area (TPSA) is 65.3 Å². The van der Waals surface area contributed by atoms with E-state index in [0.717, 1.165) is 10.5 Å². The van der Waals surface area contributed by atoms with Crippen molar-refractivity contribution in [2.45, 2.75) is 25.6 Å². The van der Waals surface area contributed by atoms with Crippen molar-refractivity contribution in [2.24, 2.45) is 10.3 Å². The number of rotatable bonds is 3. The molecule has 7 heteroatoms. The van der Waals surface area contributed by atoms with Crippen LogP contribution in [0.4, 0.5) is 10.1 Å². The minimum absolute atomic E-state index is 0.211. The molecule has 1 saturated heterocycles. The number of carbonyl (C=O) groups is 2. The number of imide groups is 1. The van der Waals surface area contributed by atoms with E-state index < -0.39 is 12.1 Å². The molecular formula is C18H15FN4O2. The van der Waals surface area contributed by atoms with Gasteiger partial charge in [-0.15, -0.1) is 0 Å². The average Bonchev–Trinajstić information content (AvgIpc) is 3.10. The average molecular weight is 338 g/mol. The first-order valence-electron chi connectivity index (χ1n) is 7.91. The lowest BCUT2D eigenvalue weighted by molar-refractivity contribution is -0.123. The zero-order valence-electron chi connectivity index (χ0n) is 13.5. The number of benzene rings is 2. The fourth-order valence-electron chi connectivity index (χ4n) is 3.12. The predicted octanol–water partition coefficient (Wildman–Crippen LogP) is 2.63. The van der Waals surface area contributed by atoms with E-state index in [0.29, 0.717) is 11.3 Å². The first-order chi connectivity index (χ1) is 12.0. The number of fused-ring (bicyclic) bond motifs is 1. The van der Waals surface area contributed by atoms with Crippen LogP contribution in [0.1, 0.15) is 11.1 Å². The van der Waals surface area contributed by atoms with Gasteiger partial charge in [-0.25, -0.2) is 9.29 Å². The Labute approximate surface area is 143 Å². The molecular weight excluding hydrogens is 323 g/mol. The highest BCUT2D eigenvalue weighted by Crippen LogP contribution is 2.32. The van der Waals surface area contributed by atoms with Crippen LogP contribution in [0.2, 0.25) is 0 Å². The standard InChI is InChI=1S/C18H15FN4O2/c1-11-5-7-14(8-6-11)23-17(24)15-16(18(23)25)22(21-20-15)10-12-3-2-4-13(19)9-12/h2-9,15-16H,10H2,1H3/t15-,16-/m0/s1. The summed E-state index contributed by atoms with van der Waals surface area (Å²) in [5.41, 5.74) is 2.22. The Morgan fingerprint density at radius 1 is 1.08 bits per heavy atom. The van der Waals surface area contributed by atoms with Crippen LogP contribution >= 0.6 is 0 Å². The zero-order chi connectivity index (χ0) is 17.6. The fraction of sp³-hybridized carbons (Fsp3) is 0.222. The maximum atomic E-state index is 13.4. The number of aryl methyl sites for hydroxylation is 1. The lowest BCUT2D eigenvalue weighted by Gasteiger charge is -2.20. The molecule has 0 radical (unpaired) electrons. The van der Waals surface area contributed by atoms with Crippen molar-refractivity contribution >= 4 is 17.5 Å². The Balaban J connectivity index is 1.60. The summed E-state index contributed by atoms with van der Waals surface area (Å²) in [6, 6.07) is 11.6. The zero-order valence-corrected chi connectivity index (χ0v) is 13.5. The molecule has 1 fully saturated rings. The van der Waals surface area contributed by atoms with Gasteiger partial charge < -0.3 is 0 Å². The Morgan fingerprint density at radius 3 is 2.56 bits per heavy atom. The van der Waals surface area contributed by atoms with Crippen molar-refractivity contribution in [3.63, 3.8) is 0 Å².